The van der Waals surface area contributed by atoms with Crippen LogP contribution < -0.4 is 11.1 Å². The van der Waals surface area contributed by atoms with Gasteiger partial charge in [-0.15, -0.1) is 0 Å². The van der Waals surface area contributed by atoms with Crippen molar-refractivity contribution in [3.63, 3.8) is 0 Å². The number of nitrogens with one attached hydrogen (secondary N) is 1. The van der Waals surface area contributed by atoms with E-state index in [0.29, 0.717) is 27.1 Å². The van der Waals surface area contributed by atoms with E-state index in [9.17, 15) is 4.79 Å². The van der Waals surface area contributed by atoms with Gasteiger partial charge in [0.25, 0.3) is 5.91 Å². The number of amides is 1. The molecule has 0 atom stereocenters. The molecule has 0 unspecified atom stereocenters. The molecule has 0 radical (unpaired) electrons. The zero-order chi connectivity index (χ0) is 24.4. The molecule has 172 valence electrons. The first-order valence-electron chi connectivity index (χ1n) is 10.9. The molecule has 0 saturated carbocycles. The van der Waals surface area contributed by atoms with Gasteiger partial charge in [-0.25, -0.2) is 4.68 Å². The van der Waals surface area contributed by atoms with E-state index in [1.165, 1.54) is 0 Å². The second-order valence-electron chi connectivity index (χ2n) is 7.94. The number of carbonyl (C=O) groups excluding carboxylic acids is 1. The lowest BCUT2D eigenvalue weighted by atomic mass is 10.1. The van der Waals surface area contributed by atoms with Gasteiger partial charge in [0.2, 0.25) is 0 Å². The van der Waals surface area contributed by atoms with Gasteiger partial charge in [0.15, 0.2) is 0 Å². The fraction of sp³-hybridized carbons (Fsp3) is 0. The lowest BCUT2D eigenvalue weighted by molar-refractivity contribution is 0.102. The number of hydrogen-bond donors (Lipinski definition) is 2. The molecule has 0 fully saturated rings. The summed E-state index contributed by atoms with van der Waals surface area (Å²) in [5, 5.41) is 8.44. The highest BCUT2D eigenvalue weighted by molar-refractivity contribution is 6.42. The summed E-state index contributed by atoms with van der Waals surface area (Å²) in [6, 6.07) is 32.0. The molecule has 0 aliphatic carbocycles. The Bertz CT molecular complexity index is 1500. The Hall–Kier alpha value is -4.06. The number of carbonyl (C=O) groups is 1. The third kappa shape index (κ3) is 4.92. The van der Waals surface area contributed by atoms with Crippen LogP contribution >= 0.6 is 23.2 Å². The Kier molecular flexibility index (Phi) is 6.27. The molecule has 0 aliphatic heterocycles. The van der Waals surface area contributed by atoms with E-state index in [1.807, 2.05) is 48.5 Å². The van der Waals surface area contributed by atoms with Crippen LogP contribution in [0.2, 0.25) is 10.0 Å². The van der Waals surface area contributed by atoms with Crippen LogP contribution in [-0.2, 0) is 0 Å². The summed E-state index contributed by atoms with van der Waals surface area (Å²) in [5.74, 6) is 0.260. The molecular formula is C28H20Cl2N4O. The molecule has 0 aliphatic rings. The van der Waals surface area contributed by atoms with E-state index in [1.54, 1.807) is 47.1 Å². The average Bonchev–Trinajstić information content (AvgIpc) is 3.28. The molecule has 5 aromatic rings. The van der Waals surface area contributed by atoms with E-state index in [2.05, 4.69) is 22.5 Å². The molecule has 7 heteroatoms. The van der Waals surface area contributed by atoms with Crippen molar-refractivity contribution in [3.05, 3.63) is 119 Å². The Morgan fingerprint density at radius 2 is 1.40 bits per heavy atom. The maximum absolute atomic E-state index is 12.8. The van der Waals surface area contributed by atoms with E-state index in [-0.39, 0.29) is 5.91 Å². The topological polar surface area (TPSA) is 72.9 Å². The van der Waals surface area contributed by atoms with E-state index in [4.69, 9.17) is 28.9 Å². The quantitative estimate of drug-likeness (QED) is 0.266. The standard InChI is InChI=1S/C28H20Cl2N4O/c29-24-15-10-21(16-25(24)30)26-17-27(31)34(33-26)23-13-8-20(9-14-23)28(35)32-22-11-6-19(7-12-22)18-4-2-1-3-5-18/h1-17H,31H2,(H,32,35). The van der Waals surface area contributed by atoms with Crippen molar-refractivity contribution in [2.24, 2.45) is 0 Å². The fourth-order valence-electron chi connectivity index (χ4n) is 3.73. The third-order valence-electron chi connectivity index (χ3n) is 5.58. The first-order chi connectivity index (χ1) is 17.0. The molecule has 4 aromatic carbocycles. The molecule has 1 heterocycles. The minimum atomic E-state index is -0.200. The number of hydrogen-bond acceptors (Lipinski definition) is 3. The highest BCUT2D eigenvalue weighted by Crippen LogP contribution is 2.29. The summed E-state index contributed by atoms with van der Waals surface area (Å²) in [6.07, 6.45) is 0. The SMILES string of the molecule is Nc1cc(-c2ccc(Cl)c(Cl)c2)nn1-c1ccc(C(=O)Nc2ccc(-c3ccccc3)cc2)cc1. The van der Waals surface area contributed by atoms with E-state index < -0.39 is 0 Å². The minimum Gasteiger partial charge on any atom is -0.384 e. The largest absolute Gasteiger partial charge is 0.384 e. The highest BCUT2D eigenvalue weighted by atomic mass is 35.5. The number of nitrogens with zero attached hydrogens (tertiary/aromatic N) is 2. The summed E-state index contributed by atoms with van der Waals surface area (Å²) in [7, 11) is 0. The normalized spacial score (nSPS) is 10.8. The lowest BCUT2D eigenvalue weighted by Gasteiger charge is -2.08. The minimum absolute atomic E-state index is 0.200. The zero-order valence-corrected chi connectivity index (χ0v) is 20.0. The number of benzene rings is 4. The van der Waals surface area contributed by atoms with Crippen molar-refractivity contribution in [3.8, 4) is 28.1 Å². The van der Waals surface area contributed by atoms with Crippen molar-refractivity contribution in [2.45, 2.75) is 0 Å². The predicted molar refractivity (Wildman–Crippen MR) is 143 cm³/mol. The van der Waals surface area contributed by atoms with Gasteiger partial charge < -0.3 is 11.1 Å². The van der Waals surface area contributed by atoms with Gasteiger partial charge in [0.1, 0.15) is 5.82 Å². The van der Waals surface area contributed by atoms with Gasteiger partial charge >= 0.3 is 0 Å². The van der Waals surface area contributed by atoms with Gasteiger partial charge in [-0.2, -0.15) is 5.10 Å². The van der Waals surface area contributed by atoms with Gasteiger partial charge in [-0.05, 0) is 59.7 Å². The fourth-order valence-corrected chi connectivity index (χ4v) is 4.03. The summed E-state index contributed by atoms with van der Waals surface area (Å²) in [6.45, 7) is 0. The van der Waals surface area contributed by atoms with Crippen LogP contribution in [0.5, 0.6) is 0 Å². The van der Waals surface area contributed by atoms with Crippen LogP contribution in [0.25, 0.3) is 28.1 Å². The number of anilines is 2. The molecular weight excluding hydrogens is 479 g/mol. The van der Waals surface area contributed by atoms with Crippen LogP contribution in [0.3, 0.4) is 0 Å². The molecule has 1 aromatic heterocycles. The maximum Gasteiger partial charge on any atom is 0.255 e. The Morgan fingerprint density at radius 1 is 0.743 bits per heavy atom. The Balaban J connectivity index is 1.30. The first-order valence-corrected chi connectivity index (χ1v) is 11.6. The molecule has 5 nitrogen and oxygen atoms in total. The molecule has 1 amide bonds. The van der Waals surface area contributed by atoms with Crippen LogP contribution in [0, 0.1) is 0 Å². The lowest BCUT2D eigenvalue weighted by Crippen LogP contribution is -2.12. The Morgan fingerprint density at radius 3 is 2.09 bits per heavy atom. The van der Waals surface area contributed by atoms with Crippen molar-refractivity contribution >= 4 is 40.6 Å². The molecule has 5 rings (SSSR count). The molecule has 35 heavy (non-hydrogen) atoms. The molecule has 0 saturated heterocycles. The summed E-state index contributed by atoms with van der Waals surface area (Å²) < 4.78 is 1.61. The van der Waals surface area contributed by atoms with Crippen molar-refractivity contribution in [1.29, 1.82) is 0 Å². The van der Waals surface area contributed by atoms with Gasteiger partial charge in [0.05, 0.1) is 21.4 Å². The van der Waals surface area contributed by atoms with Crippen LogP contribution in [0.4, 0.5) is 11.5 Å². The number of rotatable bonds is 5. The number of halogens is 2. The van der Waals surface area contributed by atoms with Gasteiger partial charge in [-0.1, -0.05) is 71.7 Å². The number of nitrogen functional groups attached to an aromatic ring is 1. The second-order valence-corrected chi connectivity index (χ2v) is 8.75. The van der Waals surface area contributed by atoms with Crippen molar-refractivity contribution < 1.29 is 4.79 Å². The Labute approximate surface area is 212 Å². The number of aromatic nitrogens is 2. The molecule has 3 N–H and O–H groups in total. The smallest absolute Gasteiger partial charge is 0.255 e. The van der Waals surface area contributed by atoms with Crippen molar-refractivity contribution in [2.75, 3.05) is 11.1 Å². The third-order valence-corrected chi connectivity index (χ3v) is 6.32. The van der Waals surface area contributed by atoms with Crippen LogP contribution in [-0.4, -0.2) is 15.7 Å². The van der Waals surface area contributed by atoms with E-state index >= 15 is 0 Å². The van der Waals surface area contributed by atoms with E-state index in [0.717, 1.165) is 28.1 Å². The summed E-state index contributed by atoms with van der Waals surface area (Å²) in [5.41, 5.74) is 11.9. The monoisotopic (exact) mass is 498 g/mol. The first kappa shape index (κ1) is 22.7. The molecule has 0 spiro atoms. The van der Waals surface area contributed by atoms with Crippen LogP contribution in [0.15, 0.2) is 103 Å². The van der Waals surface area contributed by atoms with Gasteiger partial charge in [0, 0.05) is 22.9 Å². The summed E-state index contributed by atoms with van der Waals surface area (Å²) >= 11 is 12.1. The number of nitrogens with two attached hydrogens (primary N) is 1. The predicted octanol–water partition coefficient (Wildman–Crippen LogP) is 7.35. The zero-order valence-electron chi connectivity index (χ0n) is 18.5. The van der Waals surface area contributed by atoms with Gasteiger partial charge in [-0.3, -0.25) is 4.79 Å². The maximum atomic E-state index is 12.8. The summed E-state index contributed by atoms with van der Waals surface area (Å²) in [4.78, 5) is 12.8. The second kappa shape index (κ2) is 9.66. The van der Waals surface area contributed by atoms with Crippen molar-refractivity contribution in [1.82, 2.24) is 9.78 Å². The highest BCUT2D eigenvalue weighted by Gasteiger charge is 2.12. The average molecular weight is 499 g/mol. The van der Waals surface area contributed by atoms with Crippen LogP contribution in [0.1, 0.15) is 10.4 Å². The molecule has 0 bridgehead atoms.